The van der Waals surface area contributed by atoms with Gasteiger partial charge in [0.25, 0.3) is 0 Å². The van der Waals surface area contributed by atoms with Crippen molar-refractivity contribution in [1.82, 2.24) is 4.98 Å². The molecule has 0 fully saturated rings. The van der Waals surface area contributed by atoms with Gasteiger partial charge in [0, 0.05) is 12.5 Å². The van der Waals surface area contributed by atoms with E-state index in [-0.39, 0.29) is 22.7 Å². The van der Waals surface area contributed by atoms with E-state index < -0.39 is 17.5 Å². The lowest BCUT2D eigenvalue weighted by Gasteiger charge is -2.02. The van der Waals surface area contributed by atoms with Crippen molar-refractivity contribution in [2.45, 2.75) is 6.92 Å². The van der Waals surface area contributed by atoms with Crippen molar-refractivity contribution in [3.63, 3.8) is 0 Å². The Morgan fingerprint density at radius 3 is 2.83 bits per heavy atom. The molecule has 0 bridgehead atoms. The number of hydrogen-bond donors (Lipinski definition) is 1. The maximum Gasteiger partial charge on any atom is 0.374 e. The first-order chi connectivity index (χ1) is 8.54. The lowest BCUT2D eigenvalue weighted by Crippen LogP contribution is -2.00. The fourth-order valence-corrected chi connectivity index (χ4v) is 1.62. The molecule has 0 aliphatic heterocycles. The molecule has 0 unspecified atom stereocenters. The van der Waals surface area contributed by atoms with Gasteiger partial charge in [-0.1, -0.05) is 12.1 Å². The lowest BCUT2D eigenvalue weighted by atomic mass is 10.0. The zero-order valence-corrected chi connectivity index (χ0v) is 9.31. The molecule has 1 aromatic carbocycles. The first-order valence-corrected chi connectivity index (χ1v) is 4.99. The minimum Gasteiger partial charge on any atom is -0.475 e. The number of hydrogen-bond acceptors (Lipinski definition) is 4. The van der Waals surface area contributed by atoms with E-state index in [1.807, 2.05) is 0 Å². The number of carbonyl (C=O) groups is 2. The Labute approximate surface area is 101 Å². The van der Waals surface area contributed by atoms with Crippen LogP contribution in [0.2, 0.25) is 0 Å². The number of benzene rings is 1. The third kappa shape index (κ3) is 1.88. The highest BCUT2D eigenvalue weighted by atomic mass is 19.1. The first-order valence-electron chi connectivity index (χ1n) is 4.99. The van der Waals surface area contributed by atoms with E-state index in [1.165, 1.54) is 19.1 Å². The highest BCUT2D eigenvalue weighted by Crippen LogP contribution is 2.27. The van der Waals surface area contributed by atoms with Gasteiger partial charge in [0.15, 0.2) is 12.2 Å². The lowest BCUT2D eigenvalue weighted by molar-refractivity contribution is 0.0662. The molecule has 2 aromatic rings. The summed E-state index contributed by atoms with van der Waals surface area (Å²) in [6.45, 7) is 1.47. The predicted molar refractivity (Wildman–Crippen MR) is 59.0 cm³/mol. The number of carboxylic acids is 1. The molecule has 0 saturated heterocycles. The standard InChI is InChI=1S/C12H8FNO4/c1-6-14-10(11(18-6)12(16)17)7-3-2-4-9(13)8(7)5-15/h2-5H,1H3,(H,16,17). The normalized spacial score (nSPS) is 10.3. The van der Waals surface area contributed by atoms with E-state index in [2.05, 4.69) is 4.98 Å². The quantitative estimate of drug-likeness (QED) is 0.844. The van der Waals surface area contributed by atoms with Gasteiger partial charge in [-0.3, -0.25) is 4.79 Å². The highest BCUT2D eigenvalue weighted by Gasteiger charge is 2.22. The van der Waals surface area contributed by atoms with Gasteiger partial charge in [-0.25, -0.2) is 14.2 Å². The maximum atomic E-state index is 13.4. The number of carbonyl (C=O) groups excluding carboxylic acids is 1. The Kier molecular flexibility index (Phi) is 2.93. The van der Waals surface area contributed by atoms with Crippen LogP contribution in [0.4, 0.5) is 4.39 Å². The molecule has 0 saturated carbocycles. The fourth-order valence-electron chi connectivity index (χ4n) is 1.62. The van der Waals surface area contributed by atoms with Crippen LogP contribution in [0.5, 0.6) is 0 Å². The number of nitrogens with zero attached hydrogens (tertiary/aromatic N) is 1. The Bertz CT molecular complexity index is 633. The maximum absolute atomic E-state index is 13.4. The number of aldehydes is 1. The van der Waals surface area contributed by atoms with Gasteiger partial charge in [0.1, 0.15) is 11.5 Å². The van der Waals surface area contributed by atoms with Crippen LogP contribution in [-0.4, -0.2) is 22.3 Å². The van der Waals surface area contributed by atoms with Crippen LogP contribution in [0.25, 0.3) is 11.3 Å². The molecule has 0 atom stereocenters. The van der Waals surface area contributed by atoms with Crippen molar-refractivity contribution in [3.8, 4) is 11.3 Å². The second-order valence-corrected chi connectivity index (χ2v) is 3.53. The SMILES string of the molecule is Cc1nc(-c2cccc(F)c2C=O)c(C(=O)O)o1. The average molecular weight is 249 g/mol. The number of halogens is 1. The molecule has 1 heterocycles. The van der Waals surface area contributed by atoms with Crippen molar-refractivity contribution < 1.29 is 23.5 Å². The summed E-state index contributed by atoms with van der Waals surface area (Å²) in [5.74, 6) is -2.35. The van der Waals surface area contributed by atoms with Gasteiger partial charge in [-0.2, -0.15) is 0 Å². The fraction of sp³-hybridized carbons (Fsp3) is 0.0833. The summed E-state index contributed by atoms with van der Waals surface area (Å²) in [6, 6.07) is 3.89. The summed E-state index contributed by atoms with van der Waals surface area (Å²) < 4.78 is 18.4. The van der Waals surface area contributed by atoms with Crippen LogP contribution in [0, 0.1) is 12.7 Å². The minimum atomic E-state index is -1.33. The Hall–Kier alpha value is -2.50. The van der Waals surface area contributed by atoms with Gasteiger partial charge in [0.05, 0.1) is 5.56 Å². The van der Waals surface area contributed by atoms with E-state index in [0.717, 1.165) is 6.07 Å². The van der Waals surface area contributed by atoms with Crippen LogP contribution in [0.3, 0.4) is 0 Å². The molecule has 0 spiro atoms. The molecule has 5 nitrogen and oxygen atoms in total. The van der Waals surface area contributed by atoms with Crippen LogP contribution < -0.4 is 0 Å². The largest absolute Gasteiger partial charge is 0.475 e. The van der Waals surface area contributed by atoms with Crippen molar-refractivity contribution in [1.29, 1.82) is 0 Å². The molecule has 6 heteroatoms. The summed E-state index contributed by atoms with van der Waals surface area (Å²) >= 11 is 0. The minimum absolute atomic E-state index is 0.0541. The number of aromatic carboxylic acids is 1. The molecule has 0 aliphatic rings. The van der Waals surface area contributed by atoms with Gasteiger partial charge in [0.2, 0.25) is 5.76 Å². The number of oxazole rings is 1. The third-order valence-electron chi connectivity index (χ3n) is 2.35. The Balaban J connectivity index is 2.73. The van der Waals surface area contributed by atoms with E-state index in [1.54, 1.807) is 0 Å². The molecule has 18 heavy (non-hydrogen) atoms. The molecular weight excluding hydrogens is 241 g/mol. The topological polar surface area (TPSA) is 80.4 Å². The van der Waals surface area contributed by atoms with E-state index in [4.69, 9.17) is 9.52 Å². The van der Waals surface area contributed by atoms with Crippen molar-refractivity contribution >= 4 is 12.3 Å². The Morgan fingerprint density at radius 1 is 1.50 bits per heavy atom. The smallest absolute Gasteiger partial charge is 0.374 e. The van der Waals surface area contributed by atoms with Crippen molar-refractivity contribution in [2.24, 2.45) is 0 Å². The van der Waals surface area contributed by atoms with Gasteiger partial charge in [-0.05, 0) is 6.07 Å². The molecule has 1 N–H and O–H groups in total. The van der Waals surface area contributed by atoms with Crippen LogP contribution in [-0.2, 0) is 0 Å². The van der Waals surface area contributed by atoms with Crippen molar-refractivity contribution in [3.05, 3.63) is 41.2 Å². The van der Waals surface area contributed by atoms with E-state index >= 15 is 0 Å². The Morgan fingerprint density at radius 2 is 2.22 bits per heavy atom. The number of carboxylic acid groups (broad SMARTS) is 1. The molecular formula is C12H8FNO4. The highest BCUT2D eigenvalue weighted by molar-refractivity contribution is 5.95. The second-order valence-electron chi connectivity index (χ2n) is 3.53. The van der Waals surface area contributed by atoms with Crippen molar-refractivity contribution in [2.75, 3.05) is 0 Å². The first kappa shape index (κ1) is 12.0. The third-order valence-corrected chi connectivity index (χ3v) is 2.35. The second kappa shape index (κ2) is 4.40. The molecule has 0 aliphatic carbocycles. The summed E-state index contributed by atoms with van der Waals surface area (Å²) in [5.41, 5.74) is -0.200. The average Bonchev–Trinajstić information content (AvgIpc) is 2.71. The number of aromatic nitrogens is 1. The number of rotatable bonds is 3. The van der Waals surface area contributed by atoms with Gasteiger partial charge >= 0.3 is 5.97 Å². The monoisotopic (exact) mass is 249 g/mol. The summed E-state index contributed by atoms with van der Waals surface area (Å²) in [4.78, 5) is 25.7. The molecule has 0 amide bonds. The molecule has 0 radical (unpaired) electrons. The van der Waals surface area contributed by atoms with Crippen LogP contribution in [0.1, 0.15) is 26.8 Å². The van der Waals surface area contributed by atoms with E-state index in [9.17, 15) is 14.0 Å². The van der Waals surface area contributed by atoms with Crippen LogP contribution >= 0.6 is 0 Å². The van der Waals surface area contributed by atoms with Gasteiger partial charge in [-0.15, -0.1) is 0 Å². The zero-order valence-electron chi connectivity index (χ0n) is 9.31. The molecule has 1 aromatic heterocycles. The molecule has 92 valence electrons. The summed E-state index contributed by atoms with van der Waals surface area (Å²) in [7, 11) is 0. The predicted octanol–water partition coefficient (Wildman–Crippen LogP) is 2.30. The summed E-state index contributed by atoms with van der Waals surface area (Å²) in [5, 5.41) is 8.96. The number of aryl methyl sites for hydroxylation is 1. The van der Waals surface area contributed by atoms with Gasteiger partial charge < -0.3 is 9.52 Å². The summed E-state index contributed by atoms with van der Waals surface area (Å²) in [6.07, 6.45) is 0.320. The van der Waals surface area contributed by atoms with E-state index in [0.29, 0.717) is 6.29 Å². The zero-order chi connectivity index (χ0) is 13.3. The van der Waals surface area contributed by atoms with Crippen LogP contribution in [0.15, 0.2) is 22.6 Å². The molecule has 2 rings (SSSR count).